The van der Waals surface area contributed by atoms with Gasteiger partial charge < -0.3 is 19.2 Å². The van der Waals surface area contributed by atoms with Crippen LogP contribution in [0.2, 0.25) is 0 Å². The Morgan fingerprint density at radius 2 is 2.14 bits per heavy atom. The van der Waals surface area contributed by atoms with Crippen LogP contribution in [0.25, 0.3) is 0 Å². The van der Waals surface area contributed by atoms with Gasteiger partial charge in [0.25, 0.3) is 0 Å². The maximum atomic E-state index is 6.17. The Balaban J connectivity index is 1.77. The lowest BCUT2D eigenvalue weighted by Crippen LogP contribution is -2.46. The fourth-order valence-corrected chi connectivity index (χ4v) is 4.00. The Morgan fingerprint density at radius 3 is 2.86 bits per heavy atom. The molecule has 0 amide bonds. The molecule has 1 spiro atoms. The lowest BCUT2D eigenvalue weighted by Gasteiger charge is -2.45. The van der Waals surface area contributed by atoms with Crippen LogP contribution in [0, 0.1) is 5.92 Å². The molecule has 3 heterocycles. The second kappa shape index (κ2) is 6.51. The van der Waals surface area contributed by atoms with Crippen LogP contribution < -0.4 is 5.32 Å². The molecular formula is C17H27NO3. The van der Waals surface area contributed by atoms with Gasteiger partial charge in [0.05, 0.1) is 11.9 Å². The fourth-order valence-electron chi connectivity index (χ4n) is 4.00. The highest BCUT2D eigenvalue weighted by atomic mass is 16.5. The third-order valence-corrected chi connectivity index (χ3v) is 5.15. The van der Waals surface area contributed by atoms with Crippen LogP contribution in [0.1, 0.15) is 50.0 Å². The second-order valence-corrected chi connectivity index (χ2v) is 6.32. The summed E-state index contributed by atoms with van der Waals surface area (Å²) in [6, 6.07) is 2.49. The van der Waals surface area contributed by atoms with E-state index in [0.717, 1.165) is 57.7 Å². The average molecular weight is 293 g/mol. The summed E-state index contributed by atoms with van der Waals surface area (Å²) in [6.07, 6.45) is 7.07. The summed E-state index contributed by atoms with van der Waals surface area (Å²) >= 11 is 0. The van der Waals surface area contributed by atoms with Gasteiger partial charge in [0.1, 0.15) is 5.76 Å². The molecule has 21 heavy (non-hydrogen) atoms. The van der Waals surface area contributed by atoms with Gasteiger partial charge in [0, 0.05) is 37.8 Å². The molecule has 0 aromatic carbocycles. The van der Waals surface area contributed by atoms with Crippen molar-refractivity contribution in [3.63, 3.8) is 0 Å². The van der Waals surface area contributed by atoms with Gasteiger partial charge >= 0.3 is 0 Å². The van der Waals surface area contributed by atoms with Crippen LogP contribution in [0.15, 0.2) is 16.7 Å². The average Bonchev–Trinajstić information content (AvgIpc) is 2.97. The Kier molecular flexibility index (Phi) is 4.67. The first kappa shape index (κ1) is 15.1. The van der Waals surface area contributed by atoms with E-state index in [9.17, 15) is 0 Å². The molecule has 118 valence electrons. The van der Waals surface area contributed by atoms with Crippen LogP contribution in [0.5, 0.6) is 0 Å². The van der Waals surface area contributed by atoms with E-state index < -0.39 is 0 Å². The molecule has 1 aromatic rings. The van der Waals surface area contributed by atoms with E-state index in [4.69, 9.17) is 13.9 Å². The maximum Gasteiger partial charge on any atom is 0.108 e. The summed E-state index contributed by atoms with van der Waals surface area (Å²) in [4.78, 5) is 0. The van der Waals surface area contributed by atoms with E-state index in [1.54, 1.807) is 0 Å². The summed E-state index contributed by atoms with van der Waals surface area (Å²) in [5, 5.41) is 3.52. The van der Waals surface area contributed by atoms with Crippen molar-refractivity contribution in [1.29, 1.82) is 0 Å². The van der Waals surface area contributed by atoms with Crippen molar-refractivity contribution in [2.75, 3.05) is 26.9 Å². The van der Waals surface area contributed by atoms with Gasteiger partial charge in [-0.25, -0.2) is 0 Å². The van der Waals surface area contributed by atoms with E-state index >= 15 is 0 Å². The zero-order valence-corrected chi connectivity index (χ0v) is 13.2. The summed E-state index contributed by atoms with van der Waals surface area (Å²) in [7, 11) is 2.06. The van der Waals surface area contributed by atoms with Gasteiger partial charge in [-0.2, -0.15) is 0 Å². The zero-order valence-electron chi connectivity index (χ0n) is 13.2. The summed E-state index contributed by atoms with van der Waals surface area (Å²) in [5.41, 5.74) is 1.38. The number of aryl methyl sites for hydroxylation is 1. The van der Waals surface area contributed by atoms with Crippen LogP contribution in [0.3, 0.4) is 0 Å². The molecule has 1 aromatic heterocycles. The van der Waals surface area contributed by atoms with Crippen molar-refractivity contribution >= 4 is 0 Å². The summed E-state index contributed by atoms with van der Waals surface area (Å²) < 4.78 is 17.3. The van der Waals surface area contributed by atoms with Crippen LogP contribution in [-0.2, 0) is 15.9 Å². The van der Waals surface area contributed by atoms with Crippen molar-refractivity contribution < 1.29 is 13.9 Å². The number of rotatable bonds is 4. The number of furan rings is 1. The first-order chi connectivity index (χ1) is 10.3. The van der Waals surface area contributed by atoms with Crippen LogP contribution in [0.4, 0.5) is 0 Å². The Bertz CT molecular complexity index is 445. The van der Waals surface area contributed by atoms with Crippen molar-refractivity contribution in [3.8, 4) is 0 Å². The molecule has 2 aliphatic rings. The van der Waals surface area contributed by atoms with E-state index in [1.165, 1.54) is 5.56 Å². The predicted octanol–water partition coefficient (Wildman–Crippen LogP) is 3.08. The SMILES string of the molecule is CCc1occc1C(NC)C1CCOC2(CCOCC2)C1. The van der Waals surface area contributed by atoms with Gasteiger partial charge in [0.15, 0.2) is 0 Å². The van der Waals surface area contributed by atoms with E-state index in [-0.39, 0.29) is 5.60 Å². The normalized spacial score (nSPS) is 26.9. The lowest BCUT2D eigenvalue weighted by atomic mass is 9.76. The molecule has 0 bridgehead atoms. The quantitative estimate of drug-likeness (QED) is 0.926. The van der Waals surface area contributed by atoms with Gasteiger partial charge in [0.2, 0.25) is 0 Å². The highest BCUT2D eigenvalue weighted by Crippen LogP contribution is 2.42. The number of ether oxygens (including phenoxy) is 2. The standard InChI is InChI=1S/C17H27NO3/c1-3-15-14(5-8-20-15)16(18-2)13-4-9-21-17(12-13)6-10-19-11-7-17/h5,8,13,16,18H,3-4,6-7,9-12H2,1-2H3. The molecule has 3 rings (SSSR count). The molecule has 2 atom stereocenters. The largest absolute Gasteiger partial charge is 0.469 e. The molecule has 2 saturated heterocycles. The molecule has 4 heteroatoms. The zero-order chi connectivity index (χ0) is 14.7. The van der Waals surface area contributed by atoms with Gasteiger partial charge in [-0.1, -0.05) is 6.92 Å². The molecular weight excluding hydrogens is 266 g/mol. The molecule has 1 N–H and O–H groups in total. The summed E-state index contributed by atoms with van der Waals surface area (Å²) in [6.45, 7) is 4.69. The third-order valence-electron chi connectivity index (χ3n) is 5.15. The number of nitrogens with one attached hydrogen (secondary N) is 1. The minimum atomic E-state index is 0.0480. The molecule has 2 fully saturated rings. The van der Waals surface area contributed by atoms with Crippen molar-refractivity contribution in [2.24, 2.45) is 5.92 Å². The Morgan fingerprint density at radius 1 is 1.33 bits per heavy atom. The molecule has 4 nitrogen and oxygen atoms in total. The lowest BCUT2D eigenvalue weighted by molar-refractivity contribution is -0.150. The first-order valence-electron chi connectivity index (χ1n) is 8.23. The topological polar surface area (TPSA) is 43.6 Å². The fraction of sp³-hybridized carbons (Fsp3) is 0.765. The smallest absolute Gasteiger partial charge is 0.108 e. The van der Waals surface area contributed by atoms with Crippen LogP contribution >= 0.6 is 0 Å². The van der Waals surface area contributed by atoms with Crippen molar-refractivity contribution in [2.45, 2.75) is 50.7 Å². The first-order valence-corrected chi connectivity index (χ1v) is 8.23. The highest BCUT2D eigenvalue weighted by Gasteiger charge is 2.41. The van der Waals surface area contributed by atoms with E-state index in [2.05, 4.69) is 25.4 Å². The minimum Gasteiger partial charge on any atom is -0.469 e. The monoisotopic (exact) mass is 293 g/mol. The second-order valence-electron chi connectivity index (χ2n) is 6.32. The van der Waals surface area contributed by atoms with E-state index in [0.29, 0.717) is 12.0 Å². The number of hydrogen-bond donors (Lipinski definition) is 1. The minimum absolute atomic E-state index is 0.0480. The molecule has 2 aliphatic heterocycles. The molecule has 2 unspecified atom stereocenters. The van der Waals surface area contributed by atoms with Gasteiger partial charge in [-0.15, -0.1) is 0 Å². The molecule has 0 saturated carbocycles. The Hall–Kier alpha value is -0.840. The van der Waals surface area contributed by atoms with Gasteiger partial charge in [-0.05, 0) is 44.7 Å². The predicted molar refractivity (Wildman–Crippen MR) is 81.3 cm³/mol. The Labute approximate surface area is 127 Å². The maximum absolute atomic E-state index is 6.17. The summed E-state index contributed by atoms with van der Waals surface area (Å²) in [5.74, 6) is 1.71. The van der Waals surface area contributed by atoms with Crippen molar-refractivity contribution in [1.82, 2.24) is 5.32 Å². The highest BCUT2D eigenvalue weighted by molar-refractivity contribution is 5.22. The molecule has 0 radical (unpaired) electrons. The van der Waals surface area contributed by atoms with Gasteiger partial charge in [-0.3, -0.25) is 0 Å². The van der Waals surface area contributed by atoms with Crippen molar-refractivity contribution in [3.05, 3.63) is 23.7 Å². The molecule has 0 aliphatic carbocycles. The third kappa shape index (κ3) is 3.03. The van der Waals surface area contributed by atoms with Crippen LogP contribution in [-0.4, -0.2) is 32.5 Å². The van der Waals surface area contributed by atoms with E-state index in [1.807, 2.05) is 6.26 Å². The number of hydrogen-bond acceptors (Lipinski definition) is 4.